The lowest BCUT2D eigenvalue weighted by molar-refractivity contribution is -0.299. The maximum Gasteiger partial charge on any atom is 0.0833 e. The molecule has 2 aliphatic rings. The molecule has 0 radical (unpaired) electrons. The lowest BCUT2D eigenvalue weighted by Crippen LogP contribution is -2.69. The average molecular weight is 276 g/mol. The monoisotopic (exact) mass is 276 g/mol. The van der Waals surface area contributed by atoms with Gasteiger partial charge in [-0.2, -0.15) is 0 Å². The molecule has 20 heavy (non-hydrogen) atoms. The van der Waals surface area contributed by atoms with Crippen molar-refractivity contribution in [2.75, 3.05) is 6.61 Å². The Kier molecular flexibility index (Phi) is 3.39. The van der Waals surface area contributed by atoms with E-state index in [0.29, 0.717) is 13.2 Å². The Morgan fingerprint density at radius 2 is 1.95 bits per heavy atom. The molecule has 4 atom stereocenters. The smallest absolute Gasteiger partial charge is 0.0833 e. The van der Waals surface area contributed by atoms with Crippen molar-refractivity contribution in [3.05, 3.63) is 35.9 Å². The Morgan fingerprint density at radius 1 is 1.25 bits per heavy atom. The first-order valence-corrected chi connectivity index (χ1v) is 7.41. The van der Waals surface area contributed by atoms with Crippen molar-refractivity contribution in [1.82, 2.24) is 0 Å². The van der Waals surface area contributed by atoms with Gasteiger partial charge in [0.25, 0.3) is 0 Å². The van der Waals surface area contributed by atoms with Gasteiger partial charge in [-0.05, 0) is 25.8 Å². The summed E-state index contributed by atoms with van der Waals surface area (Å²) in [7, 11) is 0. The minimum atomic E-state index is -0.378. The Balaban J connectivity index is 1.68. The molecular weight excluding hydrogens is 252 g/mol. The maximum absolute atomic E-state index is 10.2. The van der Waals surface area contributed by atoms with Gasteiger partial charge >= 0.3 is 0 Å². The highest BCUT2D eigenvalue weighted by atomic mass is 16.5. The van der Waals surface area contributed by atoms with Gasteiger partial charge in [0.1, 0.15) is 0 Å². The van der Waals surface area contributed by atoms with Crippen LogP contribution >= 0.6 is 0 Å². The third-order valence-corrected chi connectivity index (χ3v) is 5.15. The van der Waals surface area contributed by atoms with E-state index in [0.717, 1.165) is 6.42 Å². The molecule has 0 amide bonds. The molecule has 1 heterocycles. The number of hydrogen-bond acceptors (Lipinski definition) is 3. The molecule has 0 unspecified atom stereocenters. The molecule has 1 aromatic carbocycles. The molecule has 1 saturated carbocycles. The van der Waals surface area contributed by atoms with E-state index in [1.807, 2.05) is 18.2 Å². The van der Waals surface area contributed by atoms with Crippen LogP contribution in [0, 0.1) is 11.3 Å². The molecule has 3 heteroatoms. The molecule has 1 aliphatic carbocycles. The molecule has 1 aliphatic heterocycles. The van der Waals surface area contributed by atoms with Crippen LogP contribution < -0.4 is 0 Å². The summed E-state index contributed by atoms with van der Waals surface area (Å²) < 4.78 is 11.9. The van der Waals surface area contributed by atoms with Gasteiger partial charge in [0.2, 0.25) is 0 Å². The Morgan fingerprint density at radius 3 is 2.65 bits per heavy atom. The van der Waals surface area contributed by atoms with Gasteiger partial charge in [0.15, 0.2) is 0 Å². The topological polar surface area (TPSA) is 38.7 Å². The molecule has 0 spiro atoms. The summed E-state index contributed by atoms with van der Waals surface area (Å²) in [5, 5.41) is 10.2. The molecule has 0 bridgehead atoms. The highest BCUT2D eigenvalue weighted by Gasteiger charge is 2.63. The van der Waals surface area contributed by atoms with Crippen LogP contribution in [-0.4, -0.2) is 29.5 Å². The third kappa shape index (κ3) is 2.18. The standard InChI is InChI=1S/C17H24O3/c1-16(2)15-13(9-17(15,3)14(18)11-20-16)19-10-12-7-5-4-6-8-12/h4-8,13-15,18H,9-11H2,1-3H3/t13-,14+,15+,17+/m0/s1. The maximum atomic E-state index is 10.2. The highest BCUT2D eigenvalue weighted by Crippen LogP contribution is 2.58. The Labute approximate surface area is 120 Å². The molecule has 3 nitrogen and oxygen atoms in total. The van der Waals surface area contributed by atoms with Crippen LogP contribution in [0.4, 0.5) is 0 Å². The minimum absolute atomic E-state index is 0.0664. The number of fused-ring (bicyclic) bond motifs is 1. The quantitative estimate of drug-likeness (QED) is 0.922. The van der Waals surface area contributed by atoms with E-state index < -0.39 is 0 Å². The van der Waals surface area contributed by atoms with Gasteiger partial charge < -0.3 is 14.6 Å². The number of ether oxygens (including phenoxy) is 2. The number of aliphatic hydroxyl groups is 1. The summed E-state index contributed by atoms with van der Waals surface area (Å²) >= 11 is 0. The van der Waals surface area contributed by atoms with Crippen LogP contribution in [0.3, 0.4) is 0 Å². The SMILES string of the molecule is CC1(C)OC[C@@H](O)[C@@]2(C)C[C@H](OCc3ccccc3)[C@H]12. The fourth-order valence-corrected chi connectivity index (χ4v) is 4.03. The van der Waals surface area contributed by atoms with E-state index in [2.05, 4.69) is 32.9 Å². The van der Waals surface area contributed by atoms with Crippen molar-refractivity contribution in [2.24, 2.45) is 11.3 Å². The summed E-state index contributed by atoms with van der Waals surface area (Å²) in [6.45, 7) is 7.45. The number of benzene rings is 1. The van der Waals surface area contributed by atoms with E-state index >= 15 is 0 Å². The summed E-state index contributed by atoms with van der Waals surface area (Å²) in [6, 6.07) is 10.2. The number of aliphatic hydroxyl groups excluding tert-OH is 1. The normalized spacial score (nSPS) is 38.9. The van der Waals surface area contributed by atoms with Gasteiger partial charge in [-0.15, -0.1) is 0 Å². The summed E-state index contributed by atoms with van der Waals surface area (Å²) in [5.41, 5.74) is 0.896. The first-order chi connectivity index (χ1) is 9.43. The van der Waals surface area contributed by atoms with E-state index in [1.165, 1.54) is 5.56 Å². The second-order valence-corrected chi connectivity index (χ2v) is 6.95. The van der Waals surface area contributed by atoms with E-state index in [-0.39, 0.29) is 29.1 Å². The second kappa shape index (κ2) is 4.83. The molecular formula is C17H24O3. The molecule has 1 aromatic rings. The van der Waals surface area contributed by atoms with Crippen LogP contribution in [-0.2, 0) is 16.1 Å². The van der Waals surface area contributed by atoms with E-state index in [9.17, 15) is 5.11 Å². The summed E-state index contributed by atoms with van der Waals surface area (Å²) in [6.07, 6.45) is 0.709. The Hall–Kier alpha value is -0.900. The first kappa shape index (κ1) is 14.1. The van der Waals surface area contributed by atoms with Crippen molar-refractivity contribution in [3.8, 4) is 0 Å². The molecule has 0 aromatic heterocycles. The molecule has 1 saturated heterocycles. The molecule has 3 rings (SSSR count). The largest absolute Gasteiger partial charge is 0.390 e. The predicted octanol–water partition coefficient (Wildman–Crippen LogP) is 2.77. The van der Waals surface area contributed by atoms with Crippen LogP contribution in [0.2, 0.25) is 0 Å². The van der Waals surface area contributed by atoms with Crippen LogP contribution in [0.5, 0.6) is 0 Å². The summed E-state index contributed by atoms with van der Waals surface area (Å²) in [4.78, 5) is 0. The lowest BCUT2D eigenvalue weighted by Gasteiger charge is -2.63. The number of rotatable bonds is 3. The zero-order chi connectivity index (χ0) is 14.4. The van der Waals surface area contributed by atoms with Crippen molar-refractivity contribution in [3.63, 3.8) is 0 Å². The van der Waals surface area contributed by atoms with Crippen molar-refractivity contribution < 1.29 is 14.6 Å². The zero-order valence-electron chi connectivity index (χ0n) is 12.5. The molecule has 1 N–H and O–H groups in total. The average Bonchev–Trinajstić information content (AvgIpc) is 2.39. The van der Waals surface area contributed by atoms with Crippen LogP contribution in [0.25, 0.3) is 0 Å². The summed E-state index contributed by atoms with van der Waals surface area (Å²) in [5.74, 6) is 0.252. The fourth-order valence-electron chi connectivity index (χ4n) is 4.03. The third-order valence-electron chi connectivity index (χ3n) is 5.15. The van der Waals surface area contributed by atoms with Gasteiger partial charge in [-0.1, -0.05) is 37.3 Å². The second-order valence-electron chi connectivity index (χ2n) is 6.95. The fraction of sp³-hybridized carbons (Fsp3) is 0.647. The van der Waals surface area contributed by atoms with Crippen molar-refractivity contribution >= 4 is 0 Å². The number of hydrogen-bond donors (Lipinski definition) is 1. The zero-order valence-corrected chi connectivity index (χ0v) is 12.5. The first-order valence-electron chi connectivity index (χ1n) is 7.41. The molecule has 2 fully saturated rings. The van der Waals surface area contributed by atoms with Crippen LogP contribution in [0.15, 0.2) is 30.3 Å². The highest BCUT2D eigenvalue weighted by molar-refractivity contribution is 5.15. The van der Waals surface area contributed by atoms with Gasteiger partial charge in [0, 0.05) is 11.3 Å². The van der Waals surface area contributed by atoms with Crippen molar-refractivity contribution in [2.45, 2.75) is 51.6 Å². The van der Waals surface area contributed by atoms with E-state index in [1.54, 1.807) is 0 Å². The van der Waals surface area contributed by atoms with Gasteiger partial charge in [-0.3, -0.25) is 0 Å². The lowest BCUT2D eigenvalue weighted by atomic mass is 9.50. The minimum Gasteiger partial charge on any atom is -0.390 e. The van der Waals surface area contributed by atoms with Crippen LogP contribution in [0.1, 0.15) is 32.8 Å². The molecule has 110 valence electrons. The van der Waals surface area contributed by atoms with E-state index in [4.69, 9.17) is 9.47 Å². The predicted molar refractivity (Wildman–Crippen MR) is 77.3 cm³/mol. The van der Waals surface area contributed by atoms with Crippen molar-refractivity contribution in [1.29, 1.82) is 0 Å². The van der Waals surface area contributed by atoms with Gasteiger partial charge in [-0.25, -0.2) is 0 Å². The van der Waals surface area contributed by atoms with Gasteiger partial charge in [0.05, 0.1) is 31.0 Å². The Bertz CT molecular complexity index is 470.